The summed E-state index contributed by atoms with van der Waals surface area (Å²) in [5, 5.41) is 0.743. The van der Waals surface area contributed by atoms with Gasteiger partial charge in [-0.05, 0) is 32.0 Å². The summed E-state index contributed by atoms with van der Waals surface area (Å²) in [6, 6.07) is 6.61. The number of rotatable bonds is 0. The second-order valence-corrected chi connectivity index (χ2v) is 5.18. The summed E-state index contributed by atoms with van der Waals surface area (Å²) in [5.41, 5.74) is 0.591. The number of aromatic amines is 1. The highest BCUT2D eigenvalue weighted by Crippen LogP contribution is 2.36. The van der Waals surface area contributed by atoms with Gasteiger partial charge in [0.1, 0.15) is 11.4 Å². The van der Waals surface area contributed by atoms with Gasteiger partial charge in [-0.15, -0.1) is 0 Å². The van der Waals surface area contributed by atoms with Crippen LogP contribution in [0.2, 0.25) is 0 Å². The van der Waals surface area contributed by atoms with Gasteiger partial charge in [-0.1, -0.05) is 0 Å². The number of nitrogens with one attached hydrogen (secondary N) is 1. The molecule has 1 aromatic carbocycles. The molecule has 92 valence electrons. The third-order valence-electron chi connectivity index (χ3n) is 3.12. The highest BCUT2D eigenvalue weighted by molar-refractivity contribution is 6.10. The van der Waals surface area contributed by atoms with Crippen molar-refractivity contribution in [3.63, 3.8) is 0 Å². The molecule has 1 aliphatic rings. The first kappa shape index (κ1) is 11.0. The van der Waals surface area contributed by atoms with Crippen molar-refractivity contribution in [3.05, 3.63) is 40.2 Å². The number of fused-ring (bicyclic) bond motifs is 3. The number of ketones is 1. The Morgan fingerprint density at radius 2 is 1.94 bits per heavy atom. The Kier molecular flexibility index (Phi) is 2.11. The predicted octanol–water partition coefficient (Wildman–Crippen LogP) is 2.27. The minimum Gasteiger partial charge on any atom is -0.487 e. The van der Waals surface area contributed by atoms with Crippen molar-refractivity contribution >= 4 is 16.7 Å². The number of pyridine rings is 1. The maximum absolute atomic E-state index is 12.2. The number of carbonyl (C=O) groups is 1. The van der Waals surface area contributed by atoms with Crippen molar-refractivity contribution in [1.29, 1.82) is 0 Å². The number of Topliss-reactive ketones (excluding diaryl/α,β-unsaturated/α-hetero) is 1. The van der Waals surface area contributed by atoms with E-state index in [0.29, 0.717) is 23.3 Å². The van der Waals surface area contributed by atoms with Gasteiger partial charge in [-0.2, -0.15) is 0 Å². The van der Waals surface area contributed by atoms with Crippen LogP contribution in [-0.2, 0) is 0 Å². The van der Waals surface area contributed by atoms with Gasteiger partial charge in [0.2, 0.25) is 5.56 Å². The summed E-state index contributed by atoms with van der Waals surface area (Å²) in [6.45, 7) is 3.79. The standard InChI is InChI=1S/C14H13NO3/c1-14(2)7-10(16)13-8-3-6-12(17)15-9(8)4-5-11(13)18-14/h3-6H,7H2,1-2H3,(H,15,17). The van der Waals surface area contributed by atoms with Gasteiger partial charge in [0.15, 0.2) is 5.78 Å². The summed E-state index contributed by atoms with van der Waals surface area (Å²) in [4.78, 5) is 26.2. The van der Waals surface area contributed by atoms with Crippen LogP contribution in [0.5, 0.6) is 5.75 Å². The molecule has 0 atom stereocenters. The van der Waals surface area contributed by atoms with Crippen LogP contribution in [-0.4, -0.2) is 16.4 Å². The topological polar surface area (TPSA) is 59.2 Å². The molecule has 3 rings (SSSR count). The highest BCUT2D eigenvalue weighted by atomic mass is 16.5. The van der Waals surface area contributed by atoms with E-state index < -0.39 is 5.60 Å². The Bertz CT molecular complexity index is 713. The van der Waals surface area contributed by atoms with Crippen LogP contribution in [0, 0.1) is 0 Å². The van der Waals surface area contributed by atoms with Gasteiger partial charge in [0, 0.05) is 17.0 Å². The number of H-pyrrole nitrogens is 1. The third-order valence-corrected chi connectivity index (χ3v) is 3.12. The number of benzene rings is 1. The lowest BCUT2D eigenvalue weighted by Crippen LogP contribution is -2.36. The fraction of sp³-hybridized carbons (Fsp3) is 0.286. The molecule has 0 radical (unpaired) electrons. The van der Waals surface area contributed by atoms with E-state index in [4.69, 9.17) is 4.74 Å². The normalized spacial score (nSPS) is 17.3. The number of ether oxygens (including phenoxy) is 1. The minimum absolute atomic E-state index is 0.0545. The van der Waals surface area contributed by atoms with E-state index in [1.165, 1.54) is 6.07 Å². The molecule has 1 N–H and O–H groups in total. The van der Waals surface area contributed by atoms with E-state index in [-0.39, 0.29) is 11.3 Å². The monoisotopic (exact) mass is 243 g/mol. The largest absolute Gasteiger partial charge is 0.487 e. The van der Waals surface area contributed by atoms with Crippen molar-refractivity contribution in [3.8, 4) is 5.75 Å². The lowest BCUT2D eigenvalue weighted by Gasteiger charge is -2.32. The molecule has 2 aromatic rings. The van der Waals surface area contributed by atoms with E-state index in [2.05, 4.69) is 4.98 Å². The minimum atomic E-state index is -0.472. The number of carbonyl (C=O) groups excluding carboxylic acids is 1. The molecular weight excluding hydrogens is 230 g/mol. The molecule has 1 aromatic heterocycles. The first-order valence-electron chi connectivity index (χ1n) is 5.84. The zero-order valence-corrected chi connectivity index (χ0v) is 10.2. The molecule has 0 bridgehead atoms. The van der Waals surface area contributed by atoms with Gasteiger partial charge < -0.3 is 9.72 Å². The second-order valence-electron chi connectivity index (χ2n) is 5.18. The smallest absolute Gasteiger partial charge is 0.248 e. The Labute approximate surface area is 104 Å². The van der Waals surface area contributed by atoms with Crippen LogP contribution < -0.4 is 10.3 Å². The molecule has 0 saturated carbocycles. The maximum Gasteiger partial charge on any atom is 0.248 e. The van der Waals surface area contributed by atoms with E-state index >= 15 is 0 Å². The van der Waals surface area contributed by atoms with Crippen molar-refractivity contribution < 1.29 is 9.53 Å². The van der Waals surface area contributed by atoms with E-state index in [1.807, 2.05) is 13.8 Å². The van der Waals surface area contributed by atoms with Gasteiger partial charge >= 0.3 is 0 Å². The Morgan fingerprint density at radius 1 is 1.17 bits per heavy atom. The Balaban J connectivity index is 2.33. The zero-order valence-electron chi connectivity index (χ0n) is 10.2. The molecule has 0 spiro atoms. The van der Waals surface area contributed by atoms with E-state index in [1.54, 1.807) is 18.2 Å². The molecule has 2 heterocycles. The van der Waals surface area contributed by atoms with Crippen LogP contribution >= 0.6 is 0 Å². The van der Waals surface area contributed by atoms with Crippen molar-refractivity contribution in [2.24, 2.45) is 0 Å². The molecule has 4 nitrogen and oxygen atoms in total. The summed E-state index contributed by atoms with van der Waals surface area (Å²) >= 11 is 0. The molecule has 4 heteroatoms. The highest BCUT2D eigenvalue weighted by Gasteiger charge is 2.33. The van der Waals surface area contributed by atoms with Crippen LogP contribution in [0.25, 0.3) is 10.9 Å². The summed E-state index contributed by atoms with van der Waals surface area (Å²) < 4.78 is 5.82. The molecule has 0 fully saturated rings. The molecule has 0 amide bonds. The second kappa shape index (κ2) is 3.45. The van der Waals surface area contributed by atoms with Gasteiger partial charge in [-0.25, -0.2) is 0 Å². The molecule has 0 unspecified atom stereocenters. The first-order chi connectivity index (χ1) is 8.46. The molecule has 0 saturated heterocycles. The molecule has 0 aliphatic carbocycles. The average Bonchev–Trinajstić information content (AvgIpc) is 2.26. The van der Waals surface area contributed by atoms with Crippen molar-refractivity contribution in [2.75, 3.05) is 0 Å². The Morgan fingerprint density at radius 3 is 2.72 bits per heavy atom. The Hall–Kier alpha value is -2.10. The van der Waals surface area contributed by atoms with Crippen LogP contribution in [0.15, 0.2) is 29.1 Å². The van der Waals surface area contributed by atoms with Crippen LogP contribution in [0.4, 0.5) is 0 Å². The van der Waals surface area contributed by atoms with E-state index in [9.17, 15) is 9.59 Å². The SMILES string of the molecule is CC1(C)CC(=O)c2c(ccc3[nH]c(=O)ccc23)O1. The number of hydrogen-bond acceptors (Lipinski definition) is 3. The number of hydrogen-bond donors (Lipinski definition) is 1. The van der Waals surface area contributed by atoms with Gasteiger partial charge in [0.05, 0.1) is 12.0 Å². The quantitative estimate of drug-likeness (QED) is 0.772. The zero-order chi connectivity index (χ0) is 12.9. The molecule has 1 aliphatic heterocycles. The summed E-state index contributed by atoms with van der Waals surface area (Å²) in [5.74, 6) is 0.648. The van der Waals surface area contributed by atoms with Crippen LogP contribution in [0.3, 0.4) is 0 Å². The molecule has 18 heavy (non-hydrogen) atoms. The lowest BCUT2D eigenvalue weighted by molar-refractivity contribution is 0.0624. The summed E-state index contributed by atoms with van der Waals surface area (Å²) in [6.07, 6.45) is 0.345. The predicted molar refractivity (Wildman–Crippen MR) is 68.2 cm³/mol. The van der Waals surface area contributed by atoms with E-state index in [0.717, 1.165) is 5.39 Å². The van der Waals surface area contributed by atoms with Crippen molar-refractivity contribution in [1.82, 2.24) is 4.98 Å². The number of aromatic nitrogens is 1. The third kappa shape index (κ3) is 1.61. The van der Waals surface area contributed by atoms with Gasteiger partial charge in [-0.3, -0.25) is 9.59 Å². The average molecular weight is 243 g/mol. The fourth-order valence-electron chi connectivity index (χ4n) is 2.40. The first-order valence-corrected chi connectivity index (χ1v) is 5.84. The maximum atomic E-state index is 12.2. The lowest BCUT2D eigenvalue weighted by atomic mass is 9.91. The van der Waals surface area contributed by atoms with Crippen molar-refractivity contribution in [2.45, 2.75) is 25.9 Å². The van der Waals surface area contributed by atoms with Gasteiger partial charge in [0.25, 0.3) is 0 Å². The fourth-order valence-corrected chi connectivity index (χ4v) is 2.40. The summed E-state index contributed by atoms with van der Waals surface area (Å²) in [7, 11) is 0. The molecular formula is C14H13NO3. The van der Waals surface area contributed by atoms with Crippen LogP contribution in [0.1, 0.15) is 30.6 Å².